The molecule has 0 bridgehead atoms. The second kappa shape index (κ2) is 7.05. The van der Waals surface area contributed by atoms with E-state index < -0.39 is 40.8 Å². The van der Waals surface area contributed by atoms with Gasteiger partial charge in [0.2, 0.25) is 10.0 Å². The van der Waals surface area contributed by atoms with E-state index in [1.807, 2.05) is 0 Å². The third-order valence-electron chi connectivity index (χ3n) is 2.62. The van der Waals surface area contributed by atoms with Gasteiger partial charge in [0.1, 0.15) is 0 Å². The first-order chi connectivity index (χ1) is 9.20. The molecule has 0 aliphatic carbocycles. The molecular weight excluding hydrogens is 293 g/mol. The van der Waals surface area contributed by atoms with Crippen molar-refractivity contribution in [3.63, 3.8) is 0 Å². The van der Waals surface area contributed by atoms with Gasteiger partial charge in [-0.15, -0.1) is 0 Å². The van der Waals surface area contributed by atoms with Crippen LogP contribution >= 0.6 is 0 Å². The minimum absolute atomic E-state index is 0.0433. The largest absolute Gasteiger partial charge is 0.389 e. The molecule has 0 saturated carbocycles. The number of nitrogens with two attached hydrogens (primary N) is 1. The first-order valence-electron chi connectivity index (χ1n) is 6.04. The Bertz CT molecular complexity index is 503. The van der Waals surface area contributed by atoms with Crippen LogP contribution in [0.15, 0.2) is 30.3 Å². The molecule has 1 unspecified atom stereocenters. The zero-order chi connectivity index (χ0) is 15.2. The Kier molecular flexibility index (Phi) is 5.97. The lowest BCUT2D eigenvalue weighted by Gasteiger charge is -2.13. The molecule has 1 atom stereocenters. The molecule has 0 saturated heterocycles. The van der Waals surface area contributed by atoms with Crippen molar-refractivity contribution in [2.75, 3.05) is 12.3 Å². The highest BCUT2D eigenvalue weighted by Gasteiger charge is 2.27. The minimum Gasteiger partial charge on any atom is -0.323 e. The minimum atomic E-state index is -4.34. The summed E-state index contributed by atoms with van der Waals surface area (Å²) in [6.07, 6.45) is -5.91. The topological polar surface area (TPSA) is 72.2 Å². The van der Waals surface area contributed by atoms with E-state index >= 15 is 0 Å². The summed E-state index contributed by atoms with van der Waals surface area (Å²) in [5.74, 6) is -0.561. The molecule has 0 heterocycles. The van der Waals surface area contributed by atoms with Crippen molar-refractivity contribution >= 4 is 10.0 Å². The molecule has 0 aliphatic heterocycles. The monoisotopic (exact) mass is 310 g/mol. The normalized spacial score (nSPS) is 14.2. The number of rotatable bonds is 7. The van der Waals surface area contributed by atoms with E-state index in [2.05, 4.69) is 4.72 Å². The Morgan fingerprint density at radius 3 is 2.35 bits per heavy atom. The molecule has 1 rings (SSSR count). The molecule has 1 aromatic carbocycles. The summed E-state index contributed by atoms with van der Waals surface area (Å²) in [7, 11) is -3.74. The summed E-state index contributed by atoms with van der Waals surface area (Å²) < 4.78 is 61.1. The highest BCUT2D eigenvalue weighted by atomic mass is 32.2. The molecule has 0 spiro atoms. The van der Waals surface area contributed by atoms with E-state index in [0.717, 1.165) is 5.56 Å². The van der Waals surface area contributed by atoms with Gasteiger partial charge in [-0.25, -0.2) is 13.1 Å². The molecular formula is C12H17F3N2O2S. The SMILES string of the molecule is NC(CNS(=O)(=O)CCCC(F)(F)F)c1ccccc1. The van der Waals surface area contributed by atoms with E-state index in [9.17, 15) is 21.6 Å². The molecule has 0 amide bonds. The number of benzene rings is 1. The Labute approximate surface area is 116 Å². The summed E-state index contributed by atoms with van der Waals surface area (Å²) in [6, 6.07) is 8.32. The zero-order valence-electron chi connectivity index (χ0n) is 10.7. The number of hydrogen-bond donors (Lipinski definition) is 2. The van der Waals surface area contributed by atoms with Crippen LogP contribution in [-0.2, 0) is 10.0 Å². The third kappa shape index (κ3) is 6.88. The maximum absolute atomic E-state index is 11.9. The molecule has 114 valence electrons. The van der Waals surface area contributed by atoms with Crippen LogP contribution in [0.4, 0.5) is 13.2 Å². The Balaban J connectivity index is 2.40. The van der Waals surface area contributed by atoms with Crippen molar-refractivity contribution in [3.05, 3.63) is 35.9 Å². The van der Waals surface area contributed by atoms with Crippen LogP contribution < -0.4 is 10.5 Å². The lowest BCUT2D eigenvalue weighted by molar-refractivity contribution is -0.134. The summed E-state index contributed by atoms with van der Waals surface area (Å²) in [5.41, 5.74) is 6.55. The lowest BCUT2D eigenvalue weighted by Crippen LogP contribution is -2.33. The highest BCUT2D eigenvalue weighted by Crippen LogP contribution is 2.21. The van der Waals surface area contributed by atoms with Gasteiger partial charge < -0.3 is 5.73 Å². The van der Waals surface area contributed by atoms with Crippen molar-refractivity contribution in [3.8, 4) is 0 Å². The average Bonchev–Trinajstić information content (AvgIpc) is 2.35. The molecule has 3 N–H and O–H groups in total. The predicted molar refractivity (Wildman–Crippen MR) is 70.4 cm³/mol. The van der Waals surface area contributed by atoms with Crippen LogP contribution in [0, 0.1) is 0 Å². The van der Waals surface area contributed by atoms with Crippen molar-refractivity contribution in [2.45, 2.75) is 25.1 Å². The van der Waals surface area contributed by atoms with E-state index in [1.54, 1.807) is 30.3 Å². The molecule has 0 aliphatic rings. The first-order valence-corrected chi connectivity index (χ1v) is 7.69. The van der Waals surface area contributed by atoms with Crippen molar-refractivity contribution in [1.82, 2.24) is 4.72 Å². The number of hydrogen-bond acceptors (Lipinski definition) is 3. The second-order valence-electron chi connectivity index (χ2n) is 4.40. The fourth-order valence-corrected chi connectivity index (χ4v) is 2.67. The van der Waals surface area contributed by atoms with E-state index in [0.29, 0.717) is 0 Å². The Morgan fingerprint density at radius 1 is 1.20 bits per heavy atom. The van der Waals surface area contributed by atoms with Gasteiger partial charge in [-0.1, -0.05) is 30.3 Å². The third-order valence-corrected chi connectivity index (χ3v) is 4.06. The highest BCUT2D eigenvalue weighted by molar-refractivity contribution is 7.89. The molecule has 20 heavy (non-hydrogen) atoms. The van der Waals surface area contributed by atoms with Crippen LogP contribution in [0.1, 0.15) is 24.4 Å². The Morgan fingerprint density at radius 2 is 1.80 bits per heavy atom. The van der Waals surface area contributed by atoms with Crippen molar-refractivity contribution in [2.24, 2.45) is 5.73 Å². The maximum Gasteiger partial charge on any atom is 0.389 e. The summed E-state index contributed by atoms with van der Waals surface area (Å²) in [6.45, 7) is -0.0433. The number of nitrogens with one attached hydrogen (secondary N) is 1. The number of halogens is 3. The smallest absolute Gasteiger partial charge is 0.323 e. The maximum atomic E-state index is 11.9. The van der Waals surface area contributed by atoms with Gasteiger partial charge in [0.25, 0.3) is 0 Å². The zero-order valence-corrected chi connectivity index (χ0v) is 11.5. The Hall–Kier alpha value is -1.12. The molecule has 0 aromatic heterocycles. The van der Waals surface area contributed by atoms with Crippen molar-refractivity contribution in [1.29, 1.82) is 0 Å². The van der Waals surface area contributed by atoms with Gasteiger partial charge in [-0.05, 0) is 12.0 Å². The van der Waals surface area contributed by atoms with Crippen molar-refractivity contribution < 1.29 is 21.6 Å². The van der Waals surface area contributed by atoms with Crippen LogP contribution in [-0.4, -0.2) is 26.9 Å². The van der Waals surface area contributed by atoms with Gasteiger partial charge in [0.15, 0.2) is 0 Å². The second-order valence-corrected chi connectivity index (χ2v) is 6.33. The standard InChI is InChI=1S/C12H17F3N2O2S/c13-12(14,15)7-4-8-20(18,19)17-9-11(16)10-5-2-1-3-6-10/h1-3,5-6,11,17H,4,7-9,16H2. The first kappa shape index (κ1) is 16.9. The summed E-state index contributed by atoms with van der Waals surface area (Å²) >= 11 is 0. The van der Waals surface area contributed by atoms with Crippen LogP contribution in [0.2, 0.25) is 0 Å². The van der Waals surface area contributed by atoms with Crippen LogP contribution in [0.5, 0.6) is 0 Å². The van der Waals surface area contributed by atoms with Gasteiger partial charge >= 0.3 is 6.18 Å². The van der Waals surface area contributed by atoms with Gasteiger partial charge in [-0.2, -0.15) is 13.2 Å². The summed E-state index contributed by atoms with van der Waals surface area (Å²) in [5, 5.41) is 0. The quantitative estimate of drug-likeness (QED) is 0.808. The van der Waals surface area contributed by atoms with Gasteiger partial charge in [-0.3, -0.25) is 0 Å². The van der Waals surface area contributed by atoms with E-state index in [1.165, 1.54) is 0 Å². The van der Waals surface area contributed by atoms with Crippen LogP contribution in [0.25, 0.3) is 0 Å². The van der Waals surface area contributed by atoms with Gasteiger partial charge in [0, 0.05) is 19.0 Å². The predicted octanol–water partition coefficient (Wildman–Crippen LogP) is 1.95. The molecule has 8 heteroatoms. The fraction of sp³-hybridized carbons (Fsp3) is 0.500. The van der Waals surface area contributed by atoms with E-state index in [-0.39, 0.29) is 6.54 Å². The molecule has 4 nitrogen and oxygen atoms in total. The number of sulfonamides is 1. The average molecular weight is 310 g/mol. The van der Waals surface area contributed by atoms with Crippen LogP contribution in [0.3, 0.4) is 0 Å². The fourth-order valence-electron chi connectivity index (χ4n) is 1.57. The molecule has 1 aromatic rings. The molecule has 0 radical (unpaired) electrons. The van der Waals surface area contributed by atoms with E-state index in [4.69, 9.17) is 5.73 Å². The number of alkyl halides is 3. The molecule has 0 fully saturated rings. The lowest BCUT2D eigenvalue weighted by atomic mass is 10.1. The van der Waals surface area contributed by atoms with Gasteiger partial charge in [0.05, 0.1) is 5.75 Å². The summed E-state index contributed by atoms with van der Waals surface area (Å²) in [4.78, 5) is 0.